The lowest BCUT2D eigenvalue weighted by atomic mass is 9.81. The summed E-state index contributed by atoms with van der Waals surface area (Å²) in [6.45, 7) is 4.51. The van der Waals surface area contributed by atoms with E-state index in [1.807, 2.05) is 49.1 Å². The first-order valence-electron chi connectivity index (χ1n) is 9.22. The molecule has 1 heterocycles. The van der Waals surface area contributed by atoms with Gasteiger partial charge < -0.3 is 10.2 Å². The van der Waals surface area contributed by atoms with Crippen LogP contribution in [0.4, 0.5) is 0 Å². The predicted molar refractivity (Wildman–Crippen MR) is 94.1 cm³/mol. The van der Waals surface area contributed by atoms with Crippen LogP contribution >= 0.6 is 0 Å². The van der Waals surface area contributed by atoms with Crippen molar-refractivity contribution in [3.05, 3.63) is 35.9 Å². The molecule has 0 aromatic heterocycles. The molecule has 0 radical (unpaired) electrons. The first-order valence-corrected chi connectivity index (χ1v) is 9.22. The lowest BCUT2D eigenvalue weighted by Gasteiger charge is -2.44. The van der Waals surface area contributed by atoms with Gasteiger partial charge in [0.2, 0.25) is 11.8 Å². The second kappa shape index (κ2) is 7.37. The van der Waals surface area contributed by atoms with Gasteiger partial charge in [0.1, 0.15) is 12.1 Å². The SMILES string of the molecule is CC(C)C1NC(=O)C(C2CCCCC2)N(Cc2ccccc2)C1=O. The van der Waals surface area contributed by atoms with Crippen molar-refractivity contribution in [3.63, 3.8) is 0 Å². The minimum absolute atomic E-state index is 0.0381. The number of hydrogen-bond donors (Lipinski definition) is 1. The van der Waals surface area contributed by atoms with Gasteiger partial charge in [0, 0.05) is 6.54 Å². The zero-order chi connectivity index (χ0) is 17.1. The third kappa shape index (κ3) is 3.47. The lowest BCUT2D eigenvalue weighted by Crippen LogP contribution is -2.66. The van der Waals surface area contributed by atoms with Gasteiger partial charge in [-0.2, -0.15) is 0 Å². The van der Waals surface area contributed by atoms with Crippen LogP contribution in [0.1, 0.15) is 51.5 Å². The monoisotopic (exact) mass is 328 g/mol. The van der Waals surface area contributed by atoms with Crippen LogP contribution in [0.2, 0.25) is 0 Å². The van der Waals surface area contributed by atoms with Crippen LogP contribution < -0.4 is 5.32 Å². The smallest absolute Gasteiger partial charge is 0.246 e. The number of benzene rings is 1. The molecule has 1 aliphatic carbocycles. The number of rotatable bonds is 4. The highest BCUT2D eigenvalue weighted by atomic mass is 16.2. The van der Waals surface area contributed by atoms with Gasteiger partial charge in [-0.15, -0.1) is 0 Å². The zero-order valence-corrected chi connectivity index (χ0v) is 14.7. The summed E-state index contributed by atoms with van der Waals surface area (Å²) >= 11 is 0. The van der Waals surface area contributed by atoms with Gasteiger partial charge in [0.05, 0.1) is 0 Å². The van der Waals surface area contributed by atoms with Gasteiger partial charge in [0.15, 0.2) is 0 Å². The molecule has 3 rings (SSSR count). The van der Waals surface area contributed by atoms with E-state index in [4.69, 9.17) is 0 Å². The van der Waals surface area contributed by atoms with Gasteiger partial charge in [-0.1, -0.05) is 63.4 Å². The zero-order valence-electron chi connectivity index (χ0n) is 14.7. The van der Waals surface area contributed by atoms with Crippen LogP contribution in [0.25, 0.3) is 0 Å². The minimum Gasteiger partial charge on any atom is -0.342 e. The minimum atomic E-state index is -0.402. The van der Waals surface area contributed by atoms with E-state index in [0.717, 1.165) is 31.2 Å². The fraction of sp³-hybridized carbons (Fsp3) is 0.600. The summed E-state index contributed by atoms with van der Waals surface area (Å²) in [4.78, 5) is 27.8. The van der Waals surface area contributed by atoms with Crippen molar-refractivity contribution < 1.29 is 9.59 Å². The van der Waals surface area contributed by atoms with Crippen LogP contribution in [0.5, 0.6) is 0 Å². The molecule has 1 saturated heterocycles. The maximum Gasteiger partial charge on any atom is 0.246 e. The third-order valence-electron chi connectivity index (χ3n) is 5.41. The summed E-state index contributed by atoms with van der Waals surface area (Å²) < 4.78 is 0. The second-order valence-electron chi connectivity index (χ2n) is 7.52. The molecular weight excluding hydrogens is 300 g/mol. The molecule has 1 N–H and O–H groups in total. The van der Waals surface area contributed by atoms with Crippen molar-refractivity contribution >= 4 is 11.8 Å². The Morgan fingerprint density at radius 2 is 1.75 bits per heavy atom. The third-order valence-corrected chi connectivity index (χ3v) is 5.41. The largest absolute Gasteiger partial charge is 0.342 e. The molecule has 0 bridgehead atoms. The lowest BCUT2D eigenvalue weighted by molar-refractivity contribution is -0.154. The quantitative estimate of drug-likeness (QED) is 0.923. The molecule has 4 nitrogen and oxygen atoms in total. The summed E-state index contributed by atoms with van der Waals surface area (Å²) in [5, 5.41) is 3.00. The van der Waals surface area contributed by atoms with E-state index in [2.05, 4.69) is 5.32 Å². The second-order valence-corrected chi connectivity index (χ2v) is 7.52. The van der Waals surface area contributed by atoms with E-state index in [9.17, 15) is 9.59 Å². The number of amides is 2. The average molecular weight is 328 g/mol. The molecular formula is C20H28N2O2. The molecule has 2 unspecified atom stereocenters. The van der Waals surface area contributed by atoms with E-state index in [-0.39, 0.29) is 23.8 Å². The van der Waals surface area contributed by atoms with Crippen LogP contribution in [-0.4, -0.2) is 28.8 Å². The number of nitrogens with one attached hydrogen (secondary N) is 1. The van der Waals surface area contributed by atoms with Gasteiger partial charge in [-0.05, 0) is 30.2 Å². The molecule has 2 fully saturated rings. The molecule has 4 heteroatoms. The molecule has 24 heavy (non-hydrogen) atoms. The molecule has 2 amide bonds. The van der Waals surface area contributed by atoms with E-state index in [0.29, 0.717) is 12.5 Å². The Morgan fingerprint density at radius 3 is 2.38 bits per heavy atom. The molecule has 1 saturated carbocycles. The predicted octanol–water partition coefficient (Wildman–Crippen LogP) is 3.12. The van der Waals surface area contributed by atoms with Crippen molar-refractivity contribution in [1.29, 1.82) is 0 Å². The number of hydrogen-bond acceptors (Lipinski definition) is 2. The number of nitrogens with zero attached hydrogens (tertiary/aromatic N) is 1. The molecule has 0 spiro atoms. The van der Waals surface area contributed by atoms with Crippen LogP contribution in [0.15, 0.2) is 30.3 Å². The van der Waals surface area contributed by atoms with Crippen LogP contribution in [0, 0.1) is 11.8 Å². The molecule has 1 aromatic carbocycles. The molecule has 1 aromatic rings. The van der Waals surface area contributed by atoms with Crippen LogP contribution in [-0.2, 0) is 16.1 Å². The van der Waals surface area contributed by atoms with Crippen molar-refractivity contribution in [3.8, 4) is 0 Å². The molecule has 130 valence electrons. The summed E-state index contributed by atoms with van der Waals surface area (Å²) in [6, 6.07) is 9.29. The maximum absolute atomic E-state index is 13.1. The van der Waals surface area contributed by atoms with E-state index in [1.54, 1.807) is 0 Å². The Kier molecular flexibility index (Phi) is 5.22. The van der Waals surface area contributed by atoms with E-state index < -0.39 is 6.04 Å². The average Bonchev–Trinajstić information content (AvgIpc) is 2.59. The fourth-order valence-electron chi connectivity index (χ4n) is 4.08. The van der Waals surface area contributed by atoms with Crippen LogP contribution in [0.3, 0.4) is 0 Å². The molecule has 2 atom stereocenters. The van der Waals surface area contributed by atoms with Gasteiger partial charge in [0.25, 0.3) is 0 Å². The van der Waals surface area contributed by atoms with Gasteiger partial charge >= 0.3 is 0 Å². The highest BCUT2D eigenvalue weighted by Crippen LogP contribution is 2.32. The summed E-state index contributed by atoms with van der Waals surface area (Å²) in [7, 11) is 0. The van der Waals surface area contributed by atoms with Crippen molar-refractivity contribution in [2.45, 2.75) is 64.6 Å². The summed E-state index contributed by atoms with van der Waals surface area (Å²) in [6.07, 6.45) is 5.66. The van der Waals surface area contributed by atoms with Crippen molar-refractivity contribution in [1.82, 2.24) is 10.2 Å². The van der Waals surface area contributed by atoms with E-state index in [1.165, 1.54) is 6.42 Å². The fourth-order valence-corrected chi connectivity index (χ4v) is 4.08. The number of piperazine rings is 1. The summed E-state index contributed by atoms with van der Waals surface area (Å²) in [5.74, 6) is 0.506. The Balaban J connectivity index is 1.88. The number of carbonyl (C=O) groups is 2. The standard InChI is InChI=1S/C20H28N2O2/c1-14(2)17-20(24)22(13-15-9-5-3-6-10-15)18(19(23)21-17)16-11-7-4-8-12-16/h3,5-6,9-10,14,16-18H,4,7-8,11-13H2,1-2H3,(H,21,23). The Labute approximate surface area is 144 Å². The van der Waals surface area contributed by atoms with Crippen molar-refractivity contribution in [2.75, 3.05) is 0 Å². The number of carbonyl (C=O) groups excluding carboxylic acids is 2. The molecule has 2 aliphatic rings. The van der Waals surface area contributed by atoms with Gasteiger partial charge in [-0.3, -0.25) is 9.59 Å². The molecule has 1 aliphatic heterocycles. The van der Waals surface area contributed by atoms with E-state index >= 15 is 0 Å². The first-order chi connectivity index (χ1) is 11.6. The highest BCUT2D eigenvalue weighted by Gasteiger charge is 2.45. The summed E-state index contributed by atoms with van der Waals surface area (Å²) in [5.41, 5.74) is 1.09. The van der Waals surface area contributed by atoms with Gasteiger partial charge in [-0.25, -0.2) is 0 Å². The normalized spacial score (nSPS) is 25.9. The highest BCUT2D eigenvalue weighted by molar-refractivity contribution is 5.97. The Bertz CT molecular complexity index is 579. The topological polar surface area (TPSA) is 49.4 Å². The van der Waals surface area contributed by atoms with Crippen molar-refractivity contribution in [2.24, 2.45) is 11.8 Å². The maximum atomic E-state index is 13.1. The Hall–Kier alpha value is -1.84. The first kappa shape index (κ1) is 17.0. The Morgan fingerprint density at radius 1 is 1.08 bits per heavy atom.